The van der Waals surface area contributed by atoms with E-state index in [4.69, 9.17) is 5.73 Å². The maximum Gasteiger partial charge on any atom is 0.228 e. The summed E-state index contributed by atoms with van der Waals surface area (Å²) in [6.45, 7) is 5.80. The van der Waals surface area contributed by atoms with Crippen LogP contribution in [-0.4, -0.2) is 35.8 Å². The Bertz CT molecular complexity index is 660. The van der Waals surface area contributed by atoms with Gasteiger partial charge in [-0.1, -0.05) is 26.0 Å². The van der Waals surface area contributed by atoms with Crippen LogP contribution < -0.4 is 11.1 Å². The van der Waals surface area contributed by atoms with Crippen molar-refractivity contribution >= 4 is 29.9 Å². The molecule has 0 radical (unpaired) electrons. The highest BCUT2D eigenvalue weighted by atomic mass is 35.5. The minimum Gasteiger partial charge on any atom is -0.342 e. The fraction of sp³-hybridized carbons (Fsp3) is 0.579. The van der Waals surface area contributed by atoms with Crippen LogP contribution in [0.1, 0.15) is 44.2 Å². The number of nitrogens with one attached hydrogen (secondary N) is 1. The topological polar surface area (TPSA) is 75.4 Å². The van der Waals surface area contributed by atoms with E-state index in [2.05, 4.69) is 25.2 Å². The van der Waals surface area contributed by atoms with Crippen molar-refractivity contribution in [3.8, 4) is 0 Å². The molecule has 0 aliphatic carbocycles. The van der Waals surface area contributed by atoms with E-state index in [-0.39, 0.29) is 35.7 Å². The molecule has 1 fully saturated rings. The summed E-state index contributed by atoms with van der Waals surface area (Å²) in [4.78, 5) is 25.8. The van der Waals surface area contributed by atoms with Gasteiger partial charge in [0.1, 0.15) is 0 Å². The quantitative estimate of drug-likeness (QED) is 0.860. The molecule has 3 N–H and O–H groups in total. The van der Waals surface area contributed by atoms with Crippen molar-refractivity contribution in [2.45, 2.75) is 52.0 Å². The van der Waals surface area contributed by atoms with Crippen LogP contribution in [0, 0.1) is 5.41 Å². The van der Waals surface area contributed by atoms with Gasteiger partial charge >= 0.3 is 0 Å². The standard InChI is InChI=1S/C19H27N3O2.ClH/c1-19(2)12-22(9-8-16(19)20)18(24)5-3-4-13-6-7-15-14(10-13)11-17(23)21-15;/h6-7,10,16H,3-5,8-9,11-12,20H2,1-2H3,(H,21,23);1H. The summed E-state index contributed by atoms with van der Waals surface area (Å²) < 4.78 is 0. The Morgan fingerprint density at radius 2 is 2.16 bits per heavy atom. The van der Waals surface area contributed by atoms with Crippen molar-refractivity contribution in [2.75, 3.05) is 18.4 Å². The predicted octanol–water partition coefficient (Wildman–Crippen LogP) is 2.51. The summed E-state index contributed by atoms with van der Waals surface area (Å²) in [7, 11) is 0. The molecule has 0 aromatic heterocycles. The third-order valence-corrected chi connectivity index (χ3v) is 5.32. The molecular formula is C19H28ClN3O2. The molecule has 2 aliphatic heterocycles. The van der Waals surface area contributed by atoms with Gasteiger partial charge < -0.3 is 16.0 Å². The Hall–Kier alpha value is -1.59. The number of carbonyl (C=O) groups excluding carboxylic acids is 2. The second kappa shape index (κ2) is 7.75. The molecule has 138 valence electrons. The summed E-state index contributed by atoms with van der Waals surface area (Å²) in [5, 5.41) is 2.84. The number of anilines is 1. The number of amides is 2. The molecule has 1 aromatic rings. The summed E-state index contributed by atoms with van der Waals surface area (Å²) in [6.07, 6.45) is 3.61. The Morgan fingerprint density at radius 3 is 2.88 bits per heavy atom. The molecule has 0 saturated carbocycles. The van der Waals surface area contributed by atoms with E-state index in [1.165, 1.54) is 5.56 Å². The van der Waals surface area contributed by atoms with E-state index in [0.717, 1.165) is 43.6 Å². The first-order valence-corrected chi connectivity index (χ1v) is 8.80. The van der Waals surface area contributed by atoms with Crippen LogP contribution in [0.25, 0.3) is 0 Å². The van der Waals surface area contributed by atoms with Gasteiger partial charge in [0.2, 0.25) is 11.8 Å². The second-order valence-corrected chi connectivity index (χ2v) is 7.77. The number of carbonyl (C=O) groups is 2. The zero-order chi connectivity index (χ0) is 17.3. The first kappa shape index (κ1) is 19.7. The molecule has 3 rings (SSSR count). The summed E-state index contributed by atoms with van der Waals surface area (Å²) in [6, 6.07) is 6.26. The maximum atomic E-state index is 12.4. The lowest BCUT2D eigenvalue weighted by Gasteiger charge is -2.42. The van der Waals surface area contributed by atoms with Crippen molar-refractivity contribution in [3.63, 3.8) is 0 Å². The number of fused-ring (bicyclic) bond motifs is 1. The van der Waals surface area contributed by atoms with Crippen LogP contribution in [0.15, 0.2) is 18.2 Å². The Morgan fingerprint density at radius 1 is 1.40 bits per heavy atom. The highest BCUT2D eigenvalue weighted by Crippen LogP contribution is 2.28. The summed E-state index contributed by atoms with van der Waals surface area (Å²) in [5.41, 5.74) is 9.31. The SMILES string of the molecule is CC1(C)CN(C(=O)CCCc2ccc3c(c2)CC(=O)N3)CCC1N.Cl. The molecule has 1 saturated heterocycles. The number of hydrogen-bond acceptors (Lipinski definition) is 3. The molecule has 1 unspecified atom stereocenters. The van der Waals surface area contributed by atoms with Crippen LogP contribution in [0.4, 0.5) is 5.69 Å². The van der Waals surface area contributed by atoms with Crippen LogP contribution in [0.3, 0.4) is 0 Å². The van der Waals surface area contributed by atoms with Gasteiger partial charge in [0, 0.05) is 31.2 Å². The van der Waals surface area contributed by atoms with Gasteiger partial charge in [0.25, 0.3) is 0 Å². The number of likely N-dealkylation sites (tertiary alicyclic amines) is 1. The molecule has 2 aliphatic rings. The lowest BCUT2D eigenvalue weighted by atomic mass is 9.79. The van der Waals surface area contributed by atoms with E-state index in [0.29, 0.717) is 12.8 Å². The monoisotopic (exact) mass is 365 g/mol. The zero-order valence-corrected chi connectivity index (χ0v) is 15.8. The maximum absolute atomic E-state index is 12.4. The van der Waals surface area contributed by atoms with E-state index < -0.39 is 0 Å². The normalized spacial score (nSPS) is 21.3. The number of aryl methyl sites for hydroxylation is 1. The average Bonchev–Trinajstić information content (AvgIpc) is 2.89. The number of nitrogens with two attached hydrogens (primary N) is 1. The molecule has 2 heterocycles. The Kier molecular flexibility index (Phi) is 6.12. The van der Waals surface area contributed by atoms with Gasteiger partial charge in [-0.2, -0.15) is 0 Å². The second-order valence-electron chi connectivity index (χ2n) is 7.77. The third kappa shape index (κ3) is 4.53. The van der Waals surface area contributed by atoms with Gasteiger partial charge in [-0.15, -0.1) is 12.4 Å². The average molecular weight is 366 g/mol. The number of hydrogen-bond donors (Lipinski definition) is 2. The molecule has 6 heteroatoms. The highest BCUT2D eigenvalue weighted by Gasteiger charge is 2.34. The number of nitrogens with zero attached hydrogens (tertiary/aromatic N) is 1. The highest BCUT2D eigenvalue weighted by molar-refractivity contribution is 5.99. The molecule has 1 atom stereocenters. The molecule has 0 spiro atoms. The minimum atomic E-state index is -0.00652. The number of halogens is 1. The lowest BCUT2D eigenvalue weighted by Crippen LogP contribution is -2.53. The molecular weight excluding hydrogens is 338 g/mol. The Balaban J connectivity index is 0.00000225. The van der Waals surface area contributed by atoms with Crippen LogP contribution in [0.5, 0.6) is 0 Å². The van der Waals surface area contributed by atoms with E-state index in [1.54, 1.807) is 0 Å². The van der Waals surface area contributed by atoms with Crippen LogP contribution in [-0.2, 0) is 22.4 Å². The van der Waals surface area contributed by atoms with Gasteiger partial charge in [0.15, 0.2) is 0 Å². The Labute approximate surface area is 155 Å². The number of piperidine rings is 1. The van der Waals surface area contributed by atoms with Gasteiger partial charge in [-0.25, -0.2) is 0 Å². The lowest BCUT2D eigenvalue weighted by molar-refractivity contribution is -0.134. The van der Waals surface area contributed by atoms with Crippen LogP contribution >= 0.6 is 12.4 Å². The summed E-state index contributed by atoms with van der Waals surface area (Å²) >= 11 is 0. The minimum absolute atomic E-state index is 0. The van der Waals surface area contributed by atoms with Gasteiger partial charge in [-0.05, 0) is 41.9 Å². The molecule has 5 nitrogen and oxygen atoms in total. The van der Waals surface area contributed by atoms with E-state index >= 15 is 0 Å². The van der Waals surface area contributed by atoms with Crippen molar-refractivity contribution in [2.24, 2.45) is 11.1 Å². The molecule has 25 heavy (non-hydrogen) atoms. The van der Waals surface area contributed by atoms with Crippen molar-refractivity contribution < 1.29 is 9.59 Å². The predicted molar refractivity (Wildman–Crippen MR) is 102 cm³/mol. The third-order valence-electron chi connectivity index (χ3n) is 5.32. The first-order chi connectivity index (χ1) is 11.3. The first-order valence-electron chi connectivity index (χ1n) is 8.80. The van der Waals surface area contributed by atoms with Crippen molar-refractivity contribution in [1.82, 2.24) is 4.90 Å². The smallest absolute Gasteiger partial charge is 0.228 e. The van der Waals surface area contributed by atoms with Gasteiger partial charge in [-0.3, -0.25) is 9.59 Å². The fourth-order valence-corrected chi connectivity index (χ4v) is 3.63. The van der Waals surface area contributed by atoms with E-state index in [9.17, 15) is 9.59 Å². The van der Waals surface area contributed by atoms with Crippen molar-refractivity contribution in [1.29, 1.82) is 0 Å². The fourth-order valence-electron chi connectivity index (χ4n) is 3.63. The van der Waals surface area contributed by atoms with E-state index in [1.807, 2.05) is 17.0 Å². The van der Waals surface area contributed by atoms with Crippen LogP contribution in [0.2, 0.25) is 0 Å². The van der Waals surface area contributed by atoms with Gasteiger partial charge in [0.05, 0.1) is 6.42 Å². The summed E-state index contributed by atoms with van der Waals surface area (Å²) in [5.74, 6) is 0.288. The largest absolute Gasteiger partial charge is 0.342 e. The molecule has 1 aromatic carbocycles. The number of rotatable bonds is 4. The zero-order valence-electron chi connectivity index (χ0n) is 15.0. The molecule has 2 amide bonds. The molecule has 0 bridgehead atoms. The number of benzene rings is 1. The van der Waals surface area contributed by atoms with Crippen molar-refractivity contribution in [3.05, 3.63) is 29.3 Å².